The van der Waals surface area contributed by atoms with Crippen molar-refractivity contribution in [1.29, 1.82) is 0 Å². The van der Waals surface area contributed by atoms with Crippen molar-refractivity contribution in [2.75, 3.05) is 18.9 Å². The van der Waals surface area contributed by atoms with Crippen molar-refractivity contribution in [3.05, 3.63) is 29.3 Å². The molecule has 1 aliphatic rings. The molecule has 1 heterocycles. The van der Waals surface area contributed by atoms with Crippen molar-refractivity contribution in [3.8, 4) is 0 Å². The summed E-state index contributed by atoms with van der Waals surface area (Å²) in [6, 6.07) is 5.68. The Morgan fingerprint density at radius 1 is 1.56 bits per heavy atom. The zero-order valence-corrected chi connectivity index (χ0v) is 10.5. The van der Waals surface area contributed by atoms with Crippen molar-refractivity contribution in [1.82, 2.24) is 10.6 Å². The van der Waals surface area contributed by atoms with Crippen LogP contribution in [0.3, 0.4) is 0 Å². The van der Waals surface area contributed by atoms with Crippen LogP contribution in [0.15, 0.2) is 18.2 Å². The molecule has 0 aromatic heterocycles. The highest BCUT2D eigenvalue weighted by molar-refractivity contribution is 5.74. The molecule has 1 atom stereocenters. The highest BCUT2D eigenvalue weighted by Crippen LogP contribution is 2.15. The number of amides is 2. The van der Waals surface area contributed by atoms with Crippen LogP contribution in [-0.2, 0) is 11.3 Å². The molecule has 0 bridgehead atoms. The van der Waals surface area contributed by atoms with E-state index in [2.05, 4.69) is 10.6 Å². The van der Waals surface area contributed by atoms with Crippen LogP contribution in [0, 0.1) is 6.92 Å². The summed E-state index contributed by atoms with van der Waals surface area (Å²) >= 11 is 0. The van der Waals surface area contributed by atoms with Crippen molar-refractivity contribution in [3.63, 3.8) is 0 Å². The van der Waals surface area contributed by atoms with Crippen LogP contribution in [-0.4, -0.2) is 25.3 Å². The van der Waals surface area contributed by atoms with Gasteiger partial charge >= 0.3 is 6.03 Å². The van der Waals surface area contributed by atoms with Gasteiger partial charge < -0.3 is 21.1 Å². The van der Waals surface area contributed by atoms with Gasteiger partial charge in [-0.3, -0.25) is 0 Å². The zero-order chi connectivity index (χ0) is 13.0. The molecule has 1 aliphatic heterocycles. The number of ether oxygens (including phenoxy) is 1. The predicted octanol–water partition coefficient (Wildman–Crippen LogP) is 1.17. The Balaban J connectivity index is 1.83. The molecule has 1 aromatic rings. The largest absolute Gasteiger partial charge is 0.399 e. The minimum Gasteiger partial charge on any atom is -0.399 e. The molecular formula is C13H19N3O2. The molecule has 1 aromatic carbocycles. The molecule has 2 rings (SSSR count). The molecule has 0 aliphatic carbocycles. The number of hydrogen-bond donors (Lipinski definition) is 3. The Bertz CT molecular complexity index is 428. The summed E-state index contributed by atoms with van der Waals surface area (Å²) in [5.74, 6) is 0. The number of hydrogen-bond acceptors (Lipinski definition) is 3. The summed E-state index contributed by atoms with van der Waals surface area (Å²) in [6.45, 7) is 3.76. The SMILES string of the molecule is Cc1c(N)cccc1CNC(=O)NC1CCOC1. The van der Waals surface area contributed by atoms with Gasteiger partial charge in [0.15, 0.2) is 0 Å². The minimum absolute atomic E-state index is 0.131. The molecular weight excluding hydrogens is 230 g/mol. The normalized spacial score (nSPS) is 18.6. The van der Waals surface area contributed by atoms with E-state index in [0.717, 1.165) is 29.8 Å². The number of nitrogen functional groups attached to an aromatic ring is 1. The van der Waals surface area contributed by atoms with E-state index in [0.29, 0.717) is 13.2 Å². The number of nitrogens with two attached hydrogens (primary N) is 1. The van der Waals surface area contributed by atoms with Crippen molar-refractivity contribution < 1.29 is 9.53 Å². The molecule has 0 radical (unpaired) electrons. The van der Waals surface area contributed by atoms with E-state index in [1.54, 1.807) is 0 Å². The fourth-order valence-electron chi connectivity index (χ4n) is 1.96. The summed E-state index contributed by atoms with van der Waals surface area (Å²) in [4.78, 5) is 11.7. The monoisotopic (exact) mass is 249 g/mol. The van der Waals surface area contributed by atoms with E-state index in [1.807, 2.05) is 25.1 Å². The number of rotatable bonds is 3. The van der Waals surface area contributed by atoms with Crippen LogP contribution in [0.5, 0.6) is 0 Å². The second kappa shape index (κ2) is 5.73. The summed E-state index contributed by atoms with van der Waals surface area (Å²) in [5.41, 5.74) is 8.61. The second-order valence-corrected chi connectivity index (χ2v) is 4.52. The first-order valence-corrected chi connectivity index (χ1v) is 6.13. The van der Waals surface area contributed by atoms with Crippen molar-refractivity contribution in [2.24, 2.45) is 0 Å². The minimum atomic E-state index is -0.160. The second-order valence-electron chi connectivity index (χ2n) is 4.52. The molecule has 1 unspecified atom stereocenters. The third-order valence-corrected chi connectivity index (χ3v) is 3.19. The highest BCUT2D eigenvalue weighted by atomic mass is 16.5. The maximum absolute atomic E-state index is 11.7. The highest BCUT2D eigenvalue weighted by Gasteiger charge is 2.17. The van der Waals surface area contributed by atoms with E-state index < -0.39 is 0 Å². The molecule has 4 N–H and O–H groups in total. The summed E-state index contributed by atoms with van der Waals surface area (Å²) in [6.07, 6.45) is 0.880. The first-order valence-electron chi connectivity index (χ1n) is 6.13. The Labute approximate surface area is 107 Å². The molecule has 2 amide bonds. The lowest BCUT2D eigenvalue weighted by Crippen LogP contribution is -2.42. The Morgan fingerprint density at radius 3 is 3.11 bits per heavy atom. The van der Waals surface area contributed by atoms with Gasteiger partial charge in [0.2, 0.25) is 0 Å². The predicted molar refractivity (Wildman–Crippen MR) is 70.2 cm³/mol. The average molecular weight is 249 g/mol. The van der Waals surface area contributed by atoms with Crippen molar-refractivity contribution in [2.45, 2.75) is 25.9 Å². The van der Waals surface area contributed by atoms with Crippen LogP contribution >= 0.6 is 0 Å². The van der Waals surface area contributed by atoms with E-state index in [1.165, 1.54) is 0 Å². The number of urea groups is 1. The van der Waals surface area contributed by atoms with Gasteiger partial charge in [0.05, 0.1) is 12.6 Å². The van der Waals surface area contributed by atoms with Crippen LogP contribution < -0.4 is 16.4 Å². The van der Waals surface area contributed by atoms with E-state index in [4.69, 9.17) is 10.5 Å². The topological polar surface area (TPSA) is 76.4 Å². The lowest BCUT2D eigenvalue weighted by molar-refractivity contribution is 0.188. The maximum atomic E-state index is 11.7. The lowest BCUT2D eigenvalue weighted by Gasteiger charge is -2.13. The smallest absolute Gasteiger partial charge is 0.315 e. The van der Waals surface area contributed by atoms with Crippen LogP contribution in [0.4, 0.5) is 10.5 Å². The van der Waals surface area contributed by atoms with Gasteiger partial charge in [-0.05, 0) is 30.5 Å². The van der Waals surface area contributed by atoms with Gasteiger partial charge in [-0.25, -0.2) is 4.79 Å². The molecule has 1 saturated heterocycles. The molecule has 0 spiro atoms. The third-order valence-electron chi connectivity index (χ3n) is 3.19. The molecule has 18 heavy (non-hydrogen) atoms. The first-order chi connectivity index (χ1) is 8.66. The molecule has 98 valence electrons. The van der Waals surface area contributed by atoms with Gasteiger partial charge in [0, 0.05) is 18.8 Å². The van der Waals surface area contributed by atoms with Gasteiger partial charge in [-0.2, -0.15) is 0 Å². The Kier molecular flexibility index (Phi) is 4.04. The molecule has 5 nitrogen and oxygen atoms in total. The van der Waals surface area contributed by atoms with Gasteiger partial charge in [0.25, 0.3) is 0 Å². The van der Waals surface area contributed by atoms with Crippen LogP contribution in [0.2, 0.25) is 0 Å². The number of anilines is 1. The zero-order valence-electron chi connectivity index (χ0n) is 10.5. The third kappa shape index (κ3) is 3.13. The lowest BCUT2D eigenvalue weighted by atomic mass is 10.1. The maximum Gasteiger partial charge on any atom is 0.315 e. The summed E-state index contributed by atoms with van der Waals surface area (Å²) < 4.78 is 5.20. The van der Waals surface area contributed by atoms with E-state index in [9.17, 15) is 4.79 Å². The molecule has 0 saturated carbocycles. The van der Waals surface area contributed by atoms with Gasteiger partial charge in [-0.1, -0.05) is 12.1 Å². The Hall–Kier alpha value is -1.75. The van der Waals surface area contributed by atoms with E-state index in [-0.39, 0.29) is 12.1 Å². The number of benzene rings is 1. The van der Waals surface area contributed by atoms with Crippen molar-refractivity contribution >= 4 is 11.7 Å². The van der Waals surface area contributed by atoms with Gasteiger partial charge in [-0.15, -0.1) is 0 Å². The summed E-state index contributed by atoms with van der Waals surface area (Å²) in [7, 11) is 0. The Morgan fingerprint density at radius 2 is 2.39 bits per heavy atom. The number of nitrogens with one attached hydrogen (secondary N) is 2. The number of carbonyl (C=O) groups is 1. The summed E-state index contributed by atoms with van der Waals surface area (Å²) in [5, 5.41) is 5.71. The fourth-order valence-corrected chi connectivity index (χ4v) is 1.96. The van der Waals surface area contributed by atoms with Crippen LogP contribution in [0.25, 0.3) is 0 Å². The average Bonchev–Trinajstić information content (AvgIpc) is 2.84. The molecule has 5 heteroatoms. The quantitative estimate of drug-likeness (QED) is 0.704. The number of carbonyl (C=O) groups excluding carboxylic acids is 1. The standard InChI is InChI=1S/C13H19N3O2/c1-9-10(3-2-4-12(9)14)7-15-13(17)16-11-5-6-18-8-11/h2-4,11H,5-8,14H2,1H3,(H2,15,16,17). The molecule has 1 fully saturated rings. The van der Waals surface area contributed by atoms with E-state index >= 15 is 0 Å². The fraction of sp³-hybridized carbons (Fsp3) is 0.462. The van der Waals surface area contributed by atoms with Crippen LogP contribution in [0.1, 0.15) is 17.5 Å². The first kappa shape index (κ1) is 12.7. The van der Waals surface area contributed by atoms with Gasteiger partial charge in [0.1, 0.15) is 0 Å².